The van der Waals surface area contributed by atoms with E-state index in [-0.39, 0.29) is 43.0 Å². The normalized spacial score (nSPS) is 18.5. The molecule has 3 atom stereocenters. The van der Waals surface area contributed by atoms with Crippen molar-refractivity contribution in [2.75, 3.05) is 63.4 Å². The number of carbonyl (C=O) groups is 2. The van der Waals surface area contributed by atoms with Crippen LogP contribution in [0.5, 0.6) is 23.0 Å². The number of rotatable bonds is 14. The molecule has 12 nitrogen and oxygen atoms in total. The number of methoxy groups -OCH3 is 2. The monoisotopic (exact) mass is 740 g/mol. The van der Waals surface area contributed by atoms with E-state index in [0.717, 1.165) is 52.0 Å². The zero-order chi connectivity index (χ0) is 37.3. The minimum Gasteiger partial charge on any atom is -0.493 e. The van der Waals surface area contributed by atoms with E-state index in [0.29, 0.717) is 49.1 Å². The van der Waals surface area contributed by atoms with Crippen molar-refractivity contribution in [1.29, 1.82) is 0 Å². The first-order valence-electron chi connectivity index (χ1n) is 17.9. The second-order valence-electron chi connectivity index (χ2n) is 13.4. The highest BCUT2D eigenvalue weighted by Crippen LogP contribution is 2.40. The van der Waals surface area contributed by atoms with Crippen molar-refractivity contribution in [2.45, 2.75) is 51.1 Å². The Kier molecular flexibility index (Phi) is 12.4. The van der Waals surface area contributed by atoms with Gasteiger partial charge in [-0.2, -0.15) is 0 Å². The zero-order valence-corrected chi connectivity index (χ0v) is 31.6. The van der Waals surface area contributed by atoms with Gasteiger partial charge in [-0.1, -0.05) is 36.9 Å². The molecule has 3 unspecified atom stereocenters. The molecule has 0 spiro atoms. The number of hydrogen-bond donors (Lipinski definition) is 2. The summed E-state index contributed by atoms with van der Waals surface area (Å²) in [5.41, 5.74) is 2.89. The summed E-state index contributed by atoms with van der Waals surface area (Å²) in [6, 6.07) is 16.8. The van der Waals surface area contributed by atoms with Gasteiger partial charge in [-0.25, -0.2) is 9.97 Å². The molecule has 2 aromatic heterocycles. The molecule has 2 aliphatic heterocycles. The lowest BCUT2D eigenvalue weighted by Crippen LogP contribution is -2.51. The Morgan fingerprint density at radius 1 is 0.887 bits per heavy atom. The molecule has 0 bridgehead atoms. The number of aryl methyl sites for hydroxylation is 2. The summed E-state index contributed by atoms with van der Waals surface area (Å²) in [7, 11) is 3.17. The number of benzene rings is 2. The number of para-hydroxylation sites is 3. The van der Waals surface area contributed by atoms with Gasteiger partial charge in [-0.3, -0.25) is 9.59 Å². The second kappa shape index (κ2) is 17.5. The lowest BCUT2D eigenvalue weighted by molar-refractivity contribution is -0.124. The molecule has 0 radical (unpaired) electrons. The van der Waals surface area contributed by atoms with Gasteiger partial charge in [0.2, 0.25) is 0 Å². The molecule has 2 saturated heterocycles. The summed E-state index contributed by atoms with van der Waals surface area (Å²) < 4.78 is 23.2. The topological polar surface area (TPSA) is 127 Å². The summed E-state index contributed by atoms with van der Waals surface area (Å²) in [6.07, 6.45) is 6.11. The van der Waals surface area contributed by atoms with Gasteiger partial charge in [0, 0.05) is 60.8 Å². The predicted octanol–water partition coefficient (Wildman–Crippen LogP) is 5.54. The molecule has 13 heteroatoms. The molecule has 280 valence electrons. The summed E-state index contributed by atoms with van der Waals surface area (Å²) in [5, 5.41) is 7.29. The summed E-state index contributed by atoms with van der Waals surface area (Å²) in [5.74, 6) is 2.44. The molecule has 53 heavy (non-hydrogen) atoms. The minimum absolute atomic E-state index is 0.0136. The third-order valence-electron chi connectivity index (χ3n) is 9.55. The van der Waals surface area contributed by atoms with Gasteiger partial charge in [0.1, 0.15) is 5.82 Å². The number of hydrogen-bond acceptors (Lipinski definition) is 11. The first-order valence-corrected chi connectivity index (χ1v) is 18.7. The molecule has 2 aliphatic rings. The van der Waals surface area contributed by atoms with Gasteiger partial charge < -0.3 is 39.4 Å². The number of nitrogens with one attached hydrogen (secondary N) is 2. The van der Waals surface area contributed by atoms with Gasteiger partial charge in [-0.05, 0) is 69.0 Å². The van der Waals surface area contributed by atoms with Crippen LogP contribution in [-0.4, -0.2) is 87.5 Å². The van der Waals surface area contributed by atoms with Gasteiger partial charge in [0.05, 0.1) is 19.9 Å². The Morgan fingerprint density at radius 2 is 1.60 bits per heavy atom. The SMILES string of the molecule is C=Cc1nc(N2CCCC(NC(=O)COc3cccc(C4CC(NC(=O)COc5ccccc5OC)CN(c5ccc(C)cn5)C4)c3OC)C2)sc1C. The van der Waals surface area contributed by atoms with Crippen molar-refractivity contribution in [3.05, 3.63) is 89.1 Å². The van der Waals surface area contributed by atoms with E-state index < -0.39 is 0 Å². The van der Waals surface area contributed by atoms with E-state index in [1.54, 1.807) is 43.8 Å². The lowest BCUT2D eigenvalue weighted by Gasteiger charge is -2.39. The molecule has 0 aliphatic carbocycles. The van der Waals surface area contributed by atoms with Crippen LogP contribution >= 0.6 is 11.3 Å². The minimum atomic E-state index is -0.238. The Morgan fingerprint density at radius 3 is 2.30 bits per heavy atom. The molecule has 6 rings (SSSR count). The van der Waals surface area contributed by atoms with Crippen molar-refractivity contribution >= 4 is 40.2 Å². The van der Waals surface area contributed by atoms with E-state index in [4.69, 9.17) is 28.9 Å². The zero-order valence-electron chi connectivity index (χ0n) is 30.8. The number of carbonyl (C=O) groups excluding carboxylic acids is 2. The number of amides is 2. The molecule has 0 saturated carbocycles. The highest BCUT2D eigenvalue weighted by molar-refractivity contribution is 7.15. The van der Waals surface area contributed by atoms with E-state index in [1.807, 2.05) is 62.5 Å². The van der Waals surface area contributed by atoms with Crippen LogP contribution in [0.4, 0.5) is 10.9 Å². The number of ether oxygens (including phenoxy) is 4. The van der Waals surface area contributed by atoms with E-state index in [2.05, 4.69) is 27.0 Å². The van der Waals surface area contributed by atoms with Crippen LogP contribution in [0.2, 0.25) is 0 Å². The molecule has 4 heterocycles. The molecule has 4 aromatic rings. The van der Waals surface area contributed by atoms with Crippen molar-refractivity contribution in [3.63, 3.8) is 0 Å². The van der Waals surface area contributed by atoms with Crippen LogP contribution in [-0.2, 0) is 9.59 Å². The standard InChI is InChI=1S/C40H48N6O6S/c1-6-32-27(3)53-40(44-32)45-18-10-11-29(22-45)42-37(47)25-52-35-15-9-12-31(39(35)50-5)28-19-30(23-46(21-28)36-17-16-26(2)20-41-36)43-38(48)24-51-34-14-8-7-13-33(34)49-4/h6-9,12-17,20,28-30H,1,10-11,18-19,21-25H2,2-5H3,(H,42,47)(H,43,48). The highest BCUT2D eigenvalue weighted by Gasteiger charge is 2.33. The van der Waals surface area contributed by atoms with Gasteiger partial charge in [0.15, 0.2) is 41.3 Å². The number of anilines is 2. The van der Waals surface area contributed by atoms with Gasteiger partial charge in [-0.15, -0.1) is 11.3 Å². The fraction of sp³-hybridized carbons (Fsp3) is 0.400. The Bertz CT molecular complexity index is 1880. The fourth-order valence-electron chi connectivity index (χ4n) is 7.00. The molecule has 2 amide bonds. The molecular weight excluding hydrogens is 693 g/mol. The Hall–Kier alpha value is -5.30. The average molecular weight is 741 g/mol. The summed E-state index contributed by atoms with van der Waals surface area (Å²) >= 11 is 1.65. The van der Waals surface area contributed by atoms with Crippen molar-refractivity contribution < 1.29 is 28.5 Å². The largest absolute Gasteiger partial charge is 0.493 e. The third kappa shape index (κ3) is 9.39. The Balaban J connectivity index is 1.12. The smallest absolute Gasteiger partial charge is 0.258 e. The van der Waals surface area contributed by atoms with Crippen LogP contribution in [0.1, 0.15) is 46.9 Å². The van der Waals surface area contributed by atoms with Crippen molar-refractivity contribution in [1.82, 2.24) is 20.6 Å². The van der Waals surface area contributed by atoms with Crippen LogP contribution in [0, 0.1) is 13.8 Å². The predicted molar refractivity (Wildman–Crippen MR) is 208 cm³/mol. The number of piperidine rings is 2. The van der Waals surface area contributed by atoms with Gasteiger partial charge >= 0.3 is 0 Å². The van der Waals surface area contributed by atoms with Crippen LogP contribution in [0.15, 0.2) is 67.4 Å². The fourth-order valence-corrected chi connectivity index (χ4v) is 7.95. The van der Waals surface area contributed by atoms with E-state index >= 15 is 0 Å². The number of nitrogens with zero attached hydrogens (tertiary/aromatic N) is 4. The van der Waals surface area contributed by atoms with Crippen LogP contribution < -0.4 is 39.4 Å². The molecule has 2 N–H and O–H groups in total. The molecule has 2 fully saturated rings. The third-order valence-corrected chi connectivity index (χ3v) is 10.6. The highest BCUT2D eigenvalue weighted by atomic mass is 32.1. The number of thiazole rings is 1. The summed E-state index contributed by atoms with van der Waals surface area (Å²) in [6.45, 7) is 10.4. The molecular formula is C40H48N6O6S. The Labute approximate surface area is 315 Å². The maximum absolute atomic E-state index is 13.2. The second-order valence-corrected chi connectivity index (χ2v) is 14.6. The number of aromatic nitrogens is 2. The van der Waals surface area contributed by atoms with Crippen LogP contribution in [0.25, 0.3) is 6.08 Å². The van der Waals surface area contributed by atoms with E-state index in [9.17, 15) is 9.59 Å². The first kappa shape index (κ1) is 37.5. The quantitative estimate of drug-likeness (QED) is 0.170. The lowest BCUT2D eigenvalue weighted by atomic mass is 9.87. The van der Waals surface area contributed by atoms with E-state index in [1.165, 1.54) is 0 Å². The maximum atomic E-state index is 13.2. The van der Waals surface area contributed by atoms with Crippen LogP contribution in [0.3, 0.4) is 0 Å². The maximum Gasteiger partial charge on any atom is 0.258 e. The van der Waals surface area contributed by atoms with Crippen molar-refractivity contribution in [2.24, 2.45) is 0 Å². The van der Waals surface area contributed by atoms with Gasteiger partial charge in [0.25, 0.3) is 11.8 Å². The number of pyridine rings is 1. The first-order chi connectivity index (χ1) is 25.7. The summed E-state index contributed by atoms with van der Waals surface area (Å²) in [4.78, 5) is 41.3. The molecule has 2 aromatic carbocycles. The van der Waals surface area contributed by atoms with Crippen molar-refractivity contribution in [3.8, 4) is 23.0 Å². The average Bonchev–Trinajstić information content (AvgIpc) is 3.56.